The van der Waals surface area contributed by atoms with Crippen LogP contribution in [0.4, 0.5) is 0 Å². The summed E-state index contributed by atoms with van der Waals surface area (Å²) in [7, 11) is 0. The molecule has 0 aliphatic carbocycles. The Hall–Kier alpha value is -1.59. The zero-order chi connectivity index (χ0) is 17.3. The molecular formula is C15H14ClLiN2O5S. The predicted molar refractivity (Wildman–Crippen MR) is 94.6 cm³/mol. The Kier molecular flexibility index (Phi) is 6.46. The molecular weight excluding hydrogens is 363 g/mol. The Balaban J connectivity index is 0.00000225. The average molecular weight is 377 g/mol. The molecule has 0 aromatic heterocycles. The molecule has 1 aromatic carbocycles. The van der Waals surface area contributed by atoms with Crippen LogP contribution >= 0.6 is 23.4 Å². The number of aliphatic carboxylic acids is 1. The first-order valence-electron chi connectivity index (χ1n) is 7.03. The minimum atomic E-state index is -1.25. The molecule has 2 aliphatic heterocycles. The van der Waals surface area contributed by atoms with Gasteiger partial charge in [-0.15, -0.1) is 11.8 Å². The topological polar surface area (TPSA) is 95.9 Å². The number of nitrogens with zero attached hydrogens (tertiary/aromatic N) is 1. The van der Waals surface area contributed by atoms with Gasteiger partial charge in [0, 0.05) is 5.75 Å². The number of hydrogen-bond donors (Lipinski definition) is 2. The second-order valence-electron chi connectivity index (χ2n) is 5.12. The van der Waals surface area contributed by atoms with E-state index < -0.39 is 29.2 Å². The molecule has 3 rings (SSSR count). The Morgan fingerprint density at radius 1 is 1.36 bits per heavy atom. The molecule has 128 valence electrons. The van der Waals surface area contributed by atoms with Crippen molar-refractivity contribution in [3.05, 3.63) is 41.1 Å². The third-order valence-corrected chi connectivity index (χ3v) is 5.30. The van der Waals surface area contributed by atoms with Crippen molar-refractivity contribution in [1.82, 2.24) is 10.2 Å². The van der Waals surface area contributed by atoms with Gasteiger partial charge in [-0.3, -0.25) is 14.5 Å². The second-order valence-corrected chi connectivity index (χ2v) is 6.68. The Morgan fingerprint density at radius 3 is 2.68 bits per heavy atom. The van der Waals surface area contributed by atoms with E-state index in [1.165, 1.54) is 11.8 Å². The quantitative estimate of drug-likeness (QED) is 0.569. The Labute approximate surface area is 164 Å². The molecule has 2 N–H and O–H groups in total. The monoisotopic (exact) mass is 376 g/mol. The van der Waals surface area contributed by atoms with E-state index >= 15 is 0 Å². The molecule has 2 heterocycles. The molecule has 0 saturated carbocycles. The first kappa shape index (κ1) is 19.7. The zero-order valence-electron chi connectivity index (χ0n) is 12.3. The molecule has 1 fully saturated rings. The van der Waals surface area contributed by atoms with Gasteiger partial charge in [-0.25, -0.2) is 4.79 Å². The number of carbonyl (C=O) groups excluding carboxylic acids is 2. The van der Waals surface area contributed by atoms with Crippen LogP contribution in [0.25, 0.3) is 0 Å². The molecule has 1 unspecified atom stereocenters. The van der Waals surface area contributed by atoms with Gasteiger partial charge in [-0.05, 0) is 12.1 Å². The minimum absolute atomic E-state index is 0. The second kappa shape index (κ2) is 8.19. The van der Waals surface area contributed by atoms with Crippen molar-refractivity contribution in [2.75, 3.05) is 12.4 Å². The van der Waals surface area contributed by atoms with E-state index in [0.717, 1.165) is 4.90 Å². The van der Waals surface area contributed by atoms with Crippen molar-refractivity contribution >= 4 is 60.0 Å². The number of carboxylic acid groups (broad SMARTS) is 1. The number of benzene rings is 1. The maximum atomic E-state index is 12.2. The molecule has 2 amide bonds. The molecule has 2 aliphatic rings. The summed E-state index contributed by atoms with van der Waals surface area (Å²) >= 11 is 7.19. The van der Waals surface area contributed by atoms with Crippen LogP contribution in [0, 0.1) is 0 Å². The van der Waals surface area contributed by atoms with Crippen LogP contribution in [0.15, 0.2) is 41.1 Å². The normalized spacial score (nSPS) is 21.6. The van der Waals surface area contributed by atoms with Gasteiger partial charge in [0.2, 0.25) is 0 Å². The summed E-state index contributed by atoms with van der Waals surface area (Å²) in [5, 5.41) is 11.4. The molecule has 10 heteroatoms. The van der Waals surface area contributed by atoms with E-state index in [4.69, 9.17) is 16.3 Å². The number of nitrogens with one attached hydrogen (secondary N) is 1. The fourth-order valence-corrected chi connectivity index (χ4v) is 4.01. The van der Waals surface area contributed by atoms with Gasteiger partial charge in [0.25, 0.3) is 11.8 Å². The third kappa shape index (κ3) is 3.98. The van der Waals surface area contributed by atoms with Crippen LogP contribution < -0.4 is 10.1 Å². The van der Waals surface area contributed by atoms with Gasteiger partial charge in [0.1, 0.15) is 22.9 Å². The van der Waals surface area contributed by atoms with Crippen molar-refractivity contribution in [2.24, 2.45) is 0 Å². The van der Waals surface area contributed by atoms with Gasteiger partial charge in [0.05, 0.1) is 5.03 Å². The SMILES string of the molecule is O=C(COc1ccccc1)NC1C(=O)N2C(C(=O)O)=C(Cl)CS[C@H]12.[LiH]. The van der Waals surface area contributed by atoms with Crippen LogP contribution in [-0.2, 0) is 14.4 Å². The van der Waals surface area contributed by atoms with Crippen molar-refractivity contribution < 1.29 is 24.2 Å². The first-order chi connectivity index (χ1) is 11.5. The Bertz CT molecular complexity index is 730. The summed E-state index contributed by atoms with van der Waals surface area (Å²) < 4.78 is 5.32. The van der Waals surface area contributed by atoms with Crippen LogP contribution in [0.2, 0.25) is 0 Å². The number of amides is 2. The summed E-state index contributed by atoms with van der Waals surface area (Å²) in [6, 6.07) is 8.04. The number of para-hydroxylation sites is 1. The molecule has 0 spiro atoms. The number of fused-ring (bicyclic) bond motifs is 1. The zero-order valence-corrected chi connectivity index (χ0v) is 13.8. The van der Waals surface area contributed by atoms with Gasteiger partial charge in [-0.2, -0.15) is 0 Å². The van der Waals surface area contributed by atoms with E-state index in [9.17, 15) is 19.5 Å². The summed E-state index contributed by atoms with van der Waals surface area (Å²) in [4.78, 5) is 36.5. The van der Waals surface area contributed by atoms with E-state index in [2.05, 4.69) is 5.32 Å². The Morgan fingerprint density at radius 2 is 2.04 bits per heavy atom. The molecule has 0 bridgehead atoms. The van der Waals surface area contributed by atoms with Crippen LogP contribution in [0.3, 0.4) is 0 Å². The fourth-order valence-electron chi connectivity index (χ4n) is 2.46. The van der Waals surface area contributed by atoms with Gasteiger partial charge < -0.3 is 15.2 Å². The number of hydrogen-bond acceptors (Lipinski definition) is 5. The van der Waals surface area contributed by atoms with Crippen molar-refractivity contribution in [1.29, 1.82) is 0 Å². The van der Waals surface area contributed by atoms with Gasteiger partial charge in [0.15, 0.2) is 6.61 Å². The number of thioether (sulfide) groups is 1. The number of β-lactam (4-membered cyclic amide) rings is 1. The van der Waals surface area contributed by atoms with Crippen molar-refractivity contribution in [2.45, 2.75) is 11.4 Å². The first-order valence-corrected chi connectivity index (χ1v) is 8.45. The maximum absolute atomic E-state index is 12.2. The average Bonchev–Trinajstić information content (AvgIpc) is 2.58. The van der Waals surface area contributed by atoms with E-state index in [1.54, 1.807) is 24.3 Å². The predicted octanol–water partition coefficient (Wildman–Crippen LogP) is 0.352. The van der Waals surface area contributed by atoms with Gasteiger partial charge >= 0.3 is 24.8 Å². The van der Waals surface area contributed by atoms with Crippen LogP contribution in [0.5, 0.6) is 5.75 Å². The molecule has 2 atom stereocenters. The van der Waals surface area contributed by atoms with Gasteiger partial charge in [-0.1, -0.05) is 29.8 Å². The summed E-state index contributed by atoms with van der Waals surface area (Å²) in [6.07, 6.45) is 0. The number of carbonyl (C=O) groups is 3. The summed E-state index contributed by atoms with van der Waals surface area (Å²) in [6.45, 7) is -0.229. The molecule has 25 heavy (non-hydrogen) atoms. The number of rotatable bonds is 5. The van der Waals surface area contributed by atoms with Crippen LogP contribution in [-0.4, -0.2) is 70.4 Å². The standard InChI is InChI=1S/C15H13ClN2O5S.Li.H/c16-9-7-24-14-11(13(20)18(14)12(9)15(21)22)17-10(19)6-23-8-4-2-1-3-5-8;;/h1-5,11,14H,6-7H2,(H,17,19)(H,21,22);;/t11?,14-;;/m1../s1. The number of carboxylic acids is 1. The fraction of sp³-hybridized carbons (Fsp3) is 0.267. The van der Waals surface area contributed by atoms with E-state index in [1.807, 2.05) is 6.07 Å². The summed E-state index contributed by atoms with van der Waals surface area (Å²) in [5.74, 6) is -1.37. The molecule has 1 aromatic rings. The van der Waals surface area contributed by atoms with Crippen LogP contribution in [0.1, 0.15) is 0 Å². The molecule has 7 nitrogen and oxygen atoms in total. The van der Waals surface area contributed by atoms with Crippen molar-refractivity contribution in [3.63, 3.8) is 0 Å². The molecule has 1 saturated heterocycles. The van der Waals surface area contributed by atoms with Crippen molar-refractivity contribution in [3.8, 4) is 5.75 Å². The van der Waals surface area contributed by atoms with E-state index in [-0.39, 0.29) is 41.9 Å². The third-order valence-electron chi connectivity index (χ3n) is 3.55. The molecule has 0 radical (unpaired) electrons. The summed E-state index contributed by atoms with van der Waals surface area (Å²) in [5.41, 5.74) is -0.212. The number of ether oxygens (including phenoxy) is 1. The number of halogens is 1. The van der Waals surface area contributed by atoms with E-state index in [0.29, 0.717) is 5.75 Å².